The van der Waals surface area contributed by atoms with Crippen LogP contribution >= 0.6 is 0 Å². The maximum Gasteiger partial charge on any atom is 0.416 e. The van der Waals surface area contributed by atoms with Crippen molar-refractivity contribution in [3.05, 3.63) is 60.2 Å². The number of carbonyl (C=O) groups is 1. The van der Waals surface area contributed by atoms with Gasteiger partial charge in [0.15, 0.2) is 0 Å². The third-order valence-electron chi connectivity index (χ3n) is 6.63. The summed E-state index contributed by atoms with van der Waals surface area (Å²) in [7, 11) is 0. The molecule has 5 rings (SSSR count). The number of hydrogen-bond donors (Lipinski definition) is 2. The van der Waals surface area contributed by atoms with Crippen LogP contribution in [0.2, 0.25) is 0 Å². The quantitative estimate of drug-likeness (QED) is 0.471. The highest BCUT2D eigenvalue weighted by Crippen LogP contribution is 2.32. The van der Waals surface area contributed by atoms with Gasteiger partial charge in [-0.25, -0.2) is 9.97 Å². The predicted molar refractivity (Wildman–Crippen MR) is 129 cm³/mol. The second-order valence-electron chi connectivity index (χ2n) is 9.16. The standard InChI is InChI=1S/C25H27F3N6O3/c26-25(27,28)17-3-4-20-19(8-17)24(32-15-31-20)30-10-23(35)33-21-11-34(18-5-7-36-14-18)12-22(21)37-13-16-2-1-6-29-9-16/h1-4,6,8-9,15,18,21-22H,5,7,10-14H2,(H,33,35)(H,30,31,32)/t18?,21?,22-/m0/s1. The molecule has 0 bridgehead atoms. The molecule has 2 aliphatic rings. The Labute approximate surface area is 211 Å². The SMILES string of the molecule is O=C(CNc1ncnc2ccc(C(F)(F)F)cc12)NC1CN(C2CCOC2)C[C@@H]1OCc1cccnc1. The zero-order chi connectivity index (χ0) is 25.8. The Kier molecular flexibility index (Phi) is 7.49. The lowest BCUT2D eigenvalue weighted by Gasteiger charge is -2.21. The van der Waals surface area contributed by atoms with Gasteiger partial charge in [-0.3, -0.25) is 14.7 Å². The van der Waals surface area contributed by atoms with Crippen molar-refractivity contribution in [1.29, 1.82) is 0 Å². The second-order valence-corrected chi connectivity index (χ2v) is 9.16. The Balaban J connectivity index is 1.24. The minimum atomic E-state index is -4.50. The van der Waals surface area contributed by atoms with E-state index in [1.807, 2.05) is 12.1 Å². The van der Waals surface area contributed by atoms with Gasteiger partial charge in [-0.2, -0.15) is 13.2 Å². The minimum Gasteiger partial charge on any atom is -0.380 e. The van der Waals surface area contributed by atoms with Gasteiger partial charge in [0.2, 0.25) is 5.91 Å². The lowest BCUT2D eigenvalue weighted by atomic mass is 10.1. The van der Waals surface area contributed by atoms with Gasteiger partial charge in [-0.15, -0.1) is 0 Å². The highest BCUT2D eigenvalue weighted by molar-refractivity contribution is 5.91. The summed E-state index contributed by atoms with van der Waals surface area (Å²) in [6, 6.07) is 7.03. The number of carbonyl (C=O) groups excluding carboxylic acids is 1. The lowest BCUT2D eigenvalue weighted by Crippen LogP contribution is -2.46. The molecule has 2 unspecified atom stereocenters. The number of fused-ring (bicyclic) bond motifs is 1. The van der Waals surface area contributed by atoms with E-state index in [-0.39, 0.29) is 41.8 Å². The van der Waals surface area contributed by atoms with Crippen molar-refractivity contribution in [2.24, 2.45) is 0 Å². The summed E-state index contributed by atoms with van der Waals surface area (Å²) >= 11 is 0. The molecule has 0 saturated carbocycles. The second kappa shape index (κ2) is 11.0. The summed E-state index contributed by atoms with van der Waals surface area (Å²) in [5.41, 5.74) is 0.476. The van der Waals surface area contributed by atoms with Crippen molar-refractivity contribution in [2.75, 3.05) is 38.2 Å². The number of likely N-dealkylation sites (tertiary alicyclic amines) is 1. The number of halogens is 3. The summed E-state index contributed by atoms with van der Waals surface area (Å²) < 4.78 is 51.3. The van der Waals surface area contributed by atoms with Gasteiger partial charge in [0, 0.05) is 43.5 Å². The average Bonchev–Trinajstić information content (AvgIpc) is 3.56. The first kappa shape index (κ1) is 25.3. The molecule has 1 amide bonds. The van der Waals surface area contributed by atoms with Crippen molar-refractivity contribution in [3.8, 4) is 0 Å². The largest absolute Gasteiger partial charge is 0.416 e. The molecule has 2 aliphatic heterocycles. The van der Waals surface area contributed by atoms with Crippen molar-refractivity contribution < 1.29 is 27.4 Å². The van der Waals surface area contributed by atoms with Gasteiger partial charge >= 0.3 is 6.18 Å². The van der Waals surface area contributed by atoms with E-state index < -0.39 is 11.7 Å². The molecule has 2 fully saturated rings. The predicted octanol–water partition coefficient (Wildman–Crippen LogP) is 2.63. The Hall–Kier alpha value is -3.35. The van der Waals surface area contributed by atoms with Gasteiger partial charge < -0.3 is 20.1 Å². The maximum absolute atomic E-state index is 13.2. The van der Waals surface area contributed by atoms with Crippen LogP contribution in [-0.2, 0) is 27.1 Å². The summed E-state index contributed by atoms with van der Waals surface area (Å²) in [5.74, 6) is -0.157. The van der Waals surface area contributed by atoms with E-state index in [9.17, 15) is 18.0 Å². The van der Waals surface area contributed by atoms with Gasteiger partial charge in [-0.05, 0) is 36.2 Å². The van der Waals surface area contributed by atoms with E-state index in [0.29, 0.717) is 38.4 Å². The fourth-order valence-electron chi connectivity index (χ4n) is 4.70. The van der Waals surface area contributed by atoms with Gasteiger partial charge in [-0.1, -0.05) is 6.07 Å². The first-order chi connectivity index (χ1) is 17.9. The van der Waals surface area contributed by atoms with E-state index in [4.69, 9.17) is 9.47 Å². The normalized spacial score (nSPS) is 22.4. The van der Waals surface area contributed by atoms with Crippen LogP contribution in [0.25, 0.3) is 10.9 Å². The molecule has 0 spiro atoms. The number of rotatable bonds is 8. The molecule has 2 aromatic heterocycles. The topological polar surface area (TPSA) is 102 Å². The lowest BCUT2D eigenvalue weighted by molar-refractivity contribution is -0.137. The monoisotopic (exact) mass is 516 g/mol. The number of nitrogens with one attached hydrogen (secondary N) is 2. The van der Waals surface area contributed by atoms with Crippen LogP contribution in [0.3, 0.4) is 0 Å². The fourth-order valence-corrected chi connectivity index (χ4v) is 4.70. The van der Waals surface area contributed by atoms with Gasteiger partial charge in [0.25, 0.3) is 0 Å². The van der Waals surface area contributed by atoms with Crippen LogP contribution < -0.4 is 10.6 Å². The smallest absolute Gasteiger partial charge is 0.380 e. The molecular formula is C25H27F3N6O3. The molecular weight excluding hydrogens is 489 g/mol. The molecule has 0 radical (unpaired) electrons. The molecule has 3 atom stereocenters. The van der Waals surface area contributed by atoms with E-state index >= 15 is 0 Å². The Morgan fingerprint density at radius 2 is 2.11 bits per heavy atom. The van der Waals surface area contributed by atoms with Gasteiger partial charge in [0.1, 0.15) is 12.1 Å². The number of amides is 1. The van der Waals surface area contributed by atoms with Crippen LogP contribution in [0.15, 0.2) is 49.1 Å². The Bertz CT molecular complexity index is 1220. The molecule has 196 valence electrons. The summed E-state index contributed by atoms with van der Waals surface area (Å²) in [4.78, 5) is 27.3. The van der Waals surface area contributed by atoms with Crippen molar-refractivity contribution in [3.63, 3.8) is 0 Å². The number of nitrogens with zero attached hydrogens (tertiary/aromatic N) is 4. The summed E-state index contributed by atoms with van der Waals surface area (Å²) in [5, 5.41) is 6.08. The fraction of sp³-hybridized carbons (Fsp3) is 0.440. The number of hydrogen-bond acceptors (Lipinski definition) is 8. The third-order valence-corrected chi connectivity index (χ3v) is 6.63. The average molecular weight is 517 g/mol. The van der Waals surface area contributed by atoms with E-state index in [1.165, 1.54) is 12.4 Å². The summed E-state index contributed by atoms with van der Waals surface area (Å²) in [6.07, 6.45) is 0.878. The van der Waals surface area contributed by atoms with E-state index in [0.717, 1.165) is 24.1 Å². The number of ether oxygens (including phenoxy) is 2. The van der Waals surface area contributed by atoms with E-state index in [1.54, 1.807) is 12.4 Å². The van der Waals surface area contributed by atoms with Crippen LogP contribution in [0.1, 0.15) is 17.5 Å². The van der Waals surface area contributed by atoms with Crippen molar-refractivity contribution in [1.82, 2.24) is 25.2 Å². The number of pyridine rings is 1. The molecule has 9 nitrogen and oxygen atoms in total. The highest BCUT2D eigenvalue weighted by atomic mass is 19.4. The molecule has 2 saturated heterocycles. The highest BCUT2D eigenvalue weighted by Gasteiger charge is 2.39. The number of benzene rings is 1. The van der Waals surface area contributed by atoms with Crippen LogP contribution in [0.4, 0.5) is 19.0 Å². The Morgan fingerprint density at radius 1 is 1.22 bits per heavy atom. The first-order valence-electron chi connectivity index (χ1n) is 12.0. The molecule has 37 heavy (non-hydrogen) atoms. The van der Waals surface area contributed by atoms with Crippen LogP contribution in [0.5, 0.6) is 0 Å². The van der Waals surface area contributed by atoms with Crippen LogP contribution in [0, 0.1) is 0 Å². The molecule has 2 N–H and O–H groups in total. The molecule has 0 aliphatic carbocycles. The van der Waals surface area contributed by atoms with Crippen LogP contribution in [-0.4, -0.2) is 76.8 Å². The first-order valence-corrected chi connectivity index (χ1v) is 12.0. The van der Waals surface area contributed by atoms with E-state index in [2.05, 4.69) is 30.5 Å². The number of aromatic nitrogens is 3. The molecule has 3 aromatic rings. The zero-order valence-corrected chi connectivity index (χ0v) is 19.9. The molecule has 12 heteroatoms. The maximum atomic E-state index is 13.2. The van der Waals surface area contributed by atoms with Gasteiger partial charge in [0.05, 0.1) is 43.0 Å². The molecule has 1 aromatic carbocycles. The number of alkyl halides is 3. The Morgan fingerprint density at radius 3 is 2.86 bits per heavy atom. The molecule has 4 heterocycles. The summed E-state index contributed by atoms with van der Waals surface area (Å²) in [6.45, 7) is 2.84. The minimum absolute atomic E-state index is 0.159. The number of anilines is 1. The zero-order valence-electron chi connectivity index (χ0n) is 19.9. The van der Waals surface area contributed by atoms with Crippen molar-refractivity contribution >= 4 is 22.6 Å². The van der Waals surface area contributed by atoms with Crippen molar-refractivity contribution in [2.45, 2.75) is 37.4 Å². The third kappa shape index (κ3) is 6.14.